The van der Waals surface area contributed by atoms with E-state index >= 15 is 0 Å². The van der Waals surface area contributed by atoms with Crippen LogP contribution in [0.1, 0.15) is 32.6 Å². The molecule has 7 heteroatoms. The number of likely N-dealkylation sites (N-methyl/N-ethyl adjacent to an activating group) is 1. The van der Waals surface area contributed by atoms with Gasteiger partial charge in [-0.3, -0.25) is 9.36 Å². The lowest BCUT2D eigenvalue weighted by Gasteiger charge is -2.14. The second kappa shape index (κ2) is 8.54. The van der Waals surface area contributed by atoms with Gasteiger partial charge in [-0.2, -0.15) is 0 Å². The molecule has 0 fully saturated rings. The Balaban J connectivity index is 1.80. The number of fused-ring (bicyclic) bond motifs is 1. The van der Waals surface area contributed by atoms with E-state index in [0.717, 1.165) is 23.1 Å². The molecule has 0 aliphatic carbocycles. The number of benzene rings is 2. The Morgan fingerprint density at radius 2 is 1.91 bits per heavy atom. The summed E-state index contributed by atoms with van der Waals surface area (Å²) in [6.45, 7) is 10.1. The zero-order chi connectivity index (χ0) is 23.7. The predicted molar refractivity (Wildman–Crippen MR) is 128 cm³/mol. The maximum atomic E-state index is 13.2. The number of pyridine rings is 1. The Morgan fingerprint density at radius 3 is 2.58 bits per heavy atom. The van der Waals surface area contributed by atoms with Gasteiger partial charge >= 0.3 is 5.97 Å². The average Bonchev–Trinajstić information content (AvgIpc) is 3.17. The molecule has 2 N–H and O–H groups in total. The van der Waals surface area contributed by atoms with Crippen LogP contribution in [0.3, 0.4) is 0 Å². The van der Waals surface area contributed by atoms with Crippen LogP contribution in [0.15, 0.2) is 53.0 Å². The molecule has 0 atom stereocenters. The molecule has 0 saturated carbocycles. The number of hydrogen-bond donors (Lipinski definition) is 2. The first-order valence-electron chi connectivity index (χ1n) is 10.3. The van der Waals surface area contributed by atoms with Crippen molar-refractivity contribution in [2.75, 3.05) is 18.5 Å². The monoisotopic (exact) mass is 439 g/mol. The molecule has 0 amide bonds. The summed E-state index contributed by atoms with van der Waals surface area (Å²) in [5.41, 5.74) is 6.76. The molecule has 164 valence electrons. The molecular weight excluding hydrogens is 418 g/mol. The summed E-state index contributed by atoms with van der Waals surface area (Å²) in [6, 6.07) is 11.6. The number of aromatic hydroxyl groups is 1. The molecule has 1 aliphatic rings. The third-order valence-corrected chi connectivity index (χ3v) is 5.81. The van der Waals surface area contributed by atoms with E-state index in [0.29, 0.717) is 5.56 Å². The van der Waals surface area contributed by atoms with E-state index in [1.54, 1.807) is 13.0 Å². The highest BCUT2D eigenvalue weighted by atomic mass is 16.4. The van der Waals surface area contributed by atoms with Crippen molar-refractivity contribution in [2.45, 2.75) is 13.3 Å². The van der Waals surface area contributed by atoms with Crippen LogP contribution in [0.4, 0.5) is 11.4 Å². The van der Waals surface area contributed by atoms with E-state index in [9.17, 15) is 14.7 Å². The van der Waals surface area contributed by atoms with E-state index in [1.807, 2.05) is 6.07 Å². The van der Waals surface area contributed by atoms with Crippen molar-refractivity contribution in [2.24, 2.45) is 0 Å². The quantitative estimate of drug-likeness (QED) is 0.464. The summed E-state index contributed by atoms with van der Waals surface area (Å²) in [5, 5.41) is 19.7. The minimum absolute atomic E-state index is 0.0485. The lowest BCUT2D eigenvalue weighted by atomic mass is 10.1. The van der Waals surface area contributed by atoms with Crippen LogP contribution in [0, 0.1) is 13.5 Å². The van der Waals surface area contributed by atoms with Gasteiger partial charge in [0.2, 0.25) is 11.6 Å². The number of aromatic carboxylic acids is 1. The van der Waals surface area contributed by atoms with Gasteiger partial charge in [0.05, 0.1) is 17.8 Å². The smallest absolute Gasteiger partial charge is 0.335 e. The lowest BCUT2D eigenvalue weighted by molar-refractivity contribution is 0.0697. The minimum atomic E-state index is -1.10. The van der Waals surface area contributed by atoms with Gasteiger partial charge < -0.3 is 15.1 Å². The van der Waals surface area contributed by atoms with Gasteiger partial charge in [-0.25, -0.2) is 9.64 Å². The van der Waals surface area contributed by atoms with Crippen molar-refractivity contribution in [1.82, 2.24) is 4.57 Å². The first-order valence-corrected chi connectivity index (χ1v) is 10.3. The largest absolute Gasteiger partial charge is 0.502 e. The highest BCUT2D eigenvalue weighted by Crippen LogP contribution is 2.33. The summed E-state index contributed by atoms with van der Waals surface area (Å²) >= 11 is 0. The number of nitrogens with zero attached hydrogens (tertiary/aromatic N) is 3. The predicted octanol–water partition coefficient (Wildman–Crippen LogP) is 4.42. The van der Waals surface area contributed by atoms with Gasteiger partial charge in [-0.1, -0.05) is 6.07 Å². The van der Waals surface area contributed by atoms with Crippen LogP contribution in [0.5, 0.6) is 5.88 Å². The van der Waals surface area contributed by atoms with Gasteiger partial charge in [-0.05, 0) is 78.6 Å². The molecule has 2 heterocycles. The standard InChI is InChI=1S/C26H21N3O4/c1-16-21(6-4-5-17-7-12-22-19(15-17)13-14-28(22)3)24(30)29(25(31)23(16)27-2)20-10-8-18(9-11-20)26(32)33/h5-12,15,31H,13-14H2,1,3H3,(H,32,33). The van der Waals surface area contributed by atoms with Crippen LogP contribution >= 0.6 is 0 Å². The Bertz CT molecular complexity index is 1440. The fourth-order valence-corrected chi connectivity index (χ4v) is 3.97. The fraction of sp³-hybridized carbons (Fsp3) is 0.154. The van der Waals surface area contributed by atoms with E-state index < -0.39 is 17.4 Å². The van der Waals surface area contributed by atoms with Gasteiger partial charge in [0.25, 0.3) is 5.56 Å². The number of carboxylic acids is 1. The molecule has 4 rings (SSSR count). The Hall–Kier alpha value is -4.53. The molecule has 3 aromatic rings. The molecule has 0 spiro atoms. The normalized spacial score (nSPS) is 12.0. The van der Waals surface area contributed by atoms with Crippen molar-refractivity contribution in [3.8, 4) is 11.6 Å². The summed E-state index contributed by atoms with van der Waals surface area (Å²) in [5.74, 6) is -1.59. The summed E-state index contributed by atoms with van der Waals surface area (Å²) in [6.07, 6.45) is 4.26. The van der Waals surface area contributed by atoms with Crippen molar-refractivity contribution in [3.63, 3.8) is 0 Å². The summed E-state index contributed by atoms with van der Waals surface area (Å²) in [4.78, 5) is 29.9. The Kier molecular flexibility index (Phi) is 5.61. The Labute approximate surface area is 190 Å². The molecule has 7 nitrogen and oxygen atoms in total. The molecule has 2 aromatic carbocycles. The van der Waals surface area contributed by atoms with Crippen LogP contribution in [-0.4, -0.2) is 34.3 Å². The third-order valence-electron chi connectivity index (χ3n) is 5.81. The van der Waals surface area contributed by atoms with E-state index in [2.05, 4.69) is 34.7 Å². The molecule has 1 aliphatic heterocycles. The molecule has 1 aromatic heterocycles. The number of aromatic nitrogens is 1. The first-order chi connectivity index (χ1) is 15.8. The lowest BCUT2D eigenvalue weighted by Crippen LogP contribution is -2.22. The van der Waals surface area contributed by atoms with Crippen molar-refractivity contribution in [1.29, 1.82) is 0 Å². The minimum Gasteiger partial charge on any atom is -0.502 e. The van der Waals surface area contributed by atoms with Gasteiger partial charge in [0, 0.05) is 24.8 Å². The topological polar surface area (TPSA) is 87.1 Å². The highest BCUT2D eigenvalue weighted by Gasteiger charge is 2.19. The van der Waals surface area contributed by atoms with E-state index in [1.165, 1.54) is 41.6 Å². The molecule has 0 bridgehead atoms. The zero-order valence-corrected chi connectivity index (χ0v) is 18.2. The second-order valence-electron chi connectivity index (χ2n) is 7.83. The second-order valence-corrected chi connectivity index (χ2v) is 7.83. The molecule has 0 radical (unpaired) electrons. The van der Waals surface area contributed by atoms with Crippen LogP contribution in [0.25, 0.3) is 22.7 Å². The highest BCUT2D eigenvalue weighted by molar-refractivity contribution is 5.87. The molecule has 0 unspecified atom stereocenters. The van der Waals surface area contributed by atoms with Crippen molar-refractivity contribution >= 4 is 29.5 Å². The van der Waals surface area contributed by atoms with Gasteiger partial charge in [-0.15, -0.1) is 5.73 Å². The average molecular weight is 439 g/mol. The van der Waals surface area contributed by atoms with Gasteiger partial charge in [0.15, 0.2) is 0 Å². The number of carboxylic acid groups (broad SMARTS) is 1. The Morgan fingerprint density at radius 1 is 1.18 bits per heavy atom. The summed E-state index contributed by atoms with van der Waals surface area (Å²) in [7, 11) is 2.06. The van der Waals surface area contributed by atoms with Gasteiger partial charge in [0.1, 0.15) is 0 Å². The van der Waals surface area contributed by atoms with Crippen LogP contribution < -0.4 is 10.5 Å². The molecule has 33 heavy (non-hydrogen) atoms. The third kappa shape index (κ3) is 3.91. The van der Waals surface area contributed by atoms with Crippen LogP contribution in [0.2, 0.25) is 0 Å². The number of anilines is 1. The number of hydrogen-bond acceptors (Lipinski definition) is 4. The molecule has 0 saturated heterocycles. The molecular formula is C26H21N3O4. The van der Waals surface area contributed by atoms with Crippen molar-refractivity contribution in [3.05, 3.63) is 97.8 Å². The number of carbonyl (C=O) groups is 1. The maximum absolute atomic E-state index is 13.2. The van der Waals surface area contributed by atoms with Crippen molar-refractivity contribution < 1.29 is 15.0 Å². The summed E-state index contributed by atoms with van der Waals surface area (Å²) < 4.78 is 1.00. The maximum Gasteiger partial charge on any atom is 0.335 e. The SMILES string of the molecule is [C-]#[N+]c1c(C)c(C=C=Cc2ccc3c(c2)CCN3C)c(=O)n(-c2ccc(C(=O)O)cc2)c1O. The number of rotatable bonds is 4. The van der Waals surface area contributed by atoms with E-state index in [-0.39, 0.29) is 22.5 Å². The van der Waals surface area contributed by atoms with E-state index in [4.69, 9.17) is 11.7 Å². The zero-order valence-electron chi connectivity index (χ0n) is 18.2. The first kappa shape index (κ1) is 21.7. The van der Waals surface area contributed by atoms with Crippen LogP contribution in [-0.2, 0) is 6.42 Å². The fourth-order valence-electron chi connectivity index (χ4n) is 3.97.